The van der Waals surface area contributed by atoms with Gasteiger partial charge in [0.05, 0.1) is 5.52 Å². The highest BCUT2D eigenvalue weighted by molar-refractivity contribution is 5.94. The molecule has 2 aromatic carbocycles. The van der Waals surface area contributed by atoms with Gasteiger partial charge in [0.15, 0.2) is 5.78 Å². The lowest BCUT2D eigenvalue weighted by Crippen LogP contribution is -2.08. The van der Waals surface area contributed by atoms with Crippen molar-refractivity contribution in [1.82, 2.24) is 9.97 Å². The molecule has 0 aliphatic carbocycles. The third kappa shape index (κ3) is 4.34. The molecule has 0 aliphatic heterocycles. The van der Waals surface area contributed by atoms with Crippen molar-refractivity contribution in [2.45, 2.75) is 13.3 Å². The van der Waals surface area contributed by atoms with E-state index in [0.717, 1.165) is 35.4 Å². The maximum Gasteiger partial charge on any atom is 0.229 e. The fourth-order valence-corrected chi connectivity index (χ4v) is 2.61. The highest BCUT2D eigenvalue weighted by Crippen LogP contribution is 2.23. The zero-order valence-electron chi connectivity index (χ0n) is 15.0. The summed E-state index contributed by atoms with van der Waals surface area (Å²) in [6.07, 6.45) is 0.893. The van der Waals surface area contributed by atoms with Crippen LogP contribution >= 0.6 is 0 Å². The molecule has 0 amide bonds. The van der Waals surface area contributed by atoms with Crippen molar-refractivity contribution in [2.75, 3.05) is 30.9 Å². The quantitative estimate of drug-likeness (QED) is 0.472. The van der Waals surface area contributed by atoms with Crippen LogP contribution < -0.4 is 10.6 Å². The van der Waals surface area contributed by atoms with Crippen LogP contribution in [0.4, 0.5) is 17.5 Å². The molecule has 0 bridgehead atoms. The number of anilines is 3. The number of fused-ring (bicyclic) bond motifs is 1. The lowest BCUT2D eigenvalue weighted by atomic mass is 10.1. The second-order valence-electron chi connectivity index (χ2n) is 5.94. The first-order valence-corrected chi connectivity index (χ1v) is 8.55. The lowest BCUT2D eigenvalue weighted by Gasteiger charge is -2.12. The minimum Gasteiger partial charge on any atom is -0.385 e. The molecule has 26 heavy (non-hydrogen) atoms. The molecule has 0 aliphatic rings. The second-order valence-corrected chi connectivity index (χ2v) is 5.94. The van der Waals surface area contributed by atoms with E-state index in [0.29, 0.717) is 18.1 Å². The van der Waals surface area contributed by atoms with E-state index >= 15 is 0 Å². The van der Waals surface area contributed by atoms with Gasteiger partial charge in [-0.2, -0.15) is 4.98 Å². The van der Waals surface area contributed by atoms with Gasteiger partial charge in [0, 0.05) is 36.9 Å². The van der Waals surface area contributed by atoms with Crippen LogP contribution in [-0.4, -0.2) is 36.0 Å². The van der Waals surface area contributed by atoms with Crippen molar-refractivity contribution in [3.63, 3.8) is 0 Å². The smallest absolute Gasteiger partial charge is 0.229 e. The number of nitrogens with zero attached hydrogens (tertiary/aromatic N) is 2. The summed E-state index contributed by atoms with van der Waals surface area (Å²) in [6.45, 7) is 3.02. The van der Waals surface area contributed by atoms with Crippen LogP contribution in [0.15, 0.2) is 48.5 Å². The number of methoxy groups -OCH3 is 1. The molecule has 0 radical (unpaired) electrons. The number of ketones is 1. The van der Waals surface area contributed by atoms with Crippen molar-refractivity contribution in [3.8, 4) is 0 Å². The summed E-state index contributed by atoms with van der Waals surface area (Å²) in [7, 11) is 1.69. The molecular weight excluding hydrogens is 328 g/mol. The number of carbonyl (C=O) groups is 1. The fourth-order valence-electron chi connectivity index (χ4n) is 2.61. The van der Waals surface area contributed by atoms with Gasteiger partial charge in [-0.05, 0) is 49.7 Å². The average Bonchev–Trinajstić information content (AvgIpc) is 2.65. The molecule has 0 spiro atoms. The van der Waals surface area contributed by atoms with Crippen molar-refractivity contribution in [3.05, 3.63) is 54.1 Å². The van der Waals surface area contributed by atoms with E-state index in [1.54, 1.807) is 26.2 Å². The highest BCUT2D eigenvalue weighted by atomic mass is 16.5. The number of hydrogen-bond acceptors (Lipinski definition) is 6. The van der Waals surface area contributed by atoms with Crippen LogP contribution in [0, 0.1) is 0 Å². The number of Topliss-reactive ketones (excluding diaryl/α,β-unsaturated/α-hetero) is 1. The summed E-state index contributed by atoms with van der Waals surface area (Å²) in [5, 5.41) is 7.54. The van der Waals surface area contributed by atoms with Gasteiger partial charge in [-0.1, -0.05) is 12.1 Å². The first-order chi connectivity index (χ1) is 12.7. The Morgan fingerprint density at radius 2 is 1.85 bits per heavy atom. The van der Waals surface area contributed by atoms with Crippen LogP contribution in [0.2, 0.25) is 0 Å². The number of para-hydroxylation sites is 1. The van der Waals surface area contributed by atoms with E-state index in [-0.39, 0.29) is 5.78 Å². The summed E-state index contributed by atoms with van der Waals surface area (Å²) in [5.74, 6) is 1.34. The molecule has 3 rings (SSSR count). The SMILES string of the molecule is COCCCNc1nc(Nc2ccc(C(C)=O)cc2)nc2ccccc12. The topological polar surface area (TPSA) is 76.1 Å². The number of nitrogens with one attached hydrogen (secondary N) is 2. The minimum absolute atomic E-state index is 0.0426. The molecule has 0 fully saturated rings. The molecule has 134 valence electrons. The van der Waals surface area contributed by atoms with Crippen LogP contribution in [0.3, 0.4) is 0 Å². The van der Waals surface area contributed by atoms with E-state index in [4.69, 9.17) is 4.74 Å². The van der Waals surface area contributed by atoms with Crippen molar-refractivity contribution in [2.24, 2.45) is 0 Å². The van der Waals surface area contributed by atoms with Gasteiger partial charge >= 0.3 is 0 Å². The molecule has 2 N–H and O–H groups in total. The van der Waals surface area contributed by atoms with E-state index < -0.39 is 0 Å². The van der Waals surface area contributed by atoms with Gasteiger partial charge in [0.2, 0.25) is 5.95 Å². The molecule has 0 atom stereocenters. The third-order valence-corrected chi connectivity index (χ3v) is 3.97. The Morgan fingerprint density at radius 3 is 2.58 bits per heavy atom. The Kier molecular flexibility index (Phi) is 5.76. The highest BCUT2D eigenvalue weighted by Gasteiger charge is 2.08. The monoisotopic (exact) mass is 350 g/mol. The van der Waals surface area contributed by atoms with Gasteiger partial charge in [0.25, 0.3) is 0 Å². The van der Waals surface area contributed by atoms with Gasteiger partial charge in [-0.3, -0.25) is 4.79 Å². The van der Waals surface area contributed by atoms with Gasteiger partial charge in [-0.15, -0.1) is 0 Å². The molecule has 6 nitrogen and oxygen atoms in total. The largest absolute Gasteiger partial charge is 0.385 e. The second kappa shape index (κ2) is 8.40. The molecule has 6 heteroatoms. The van der Waals surface area contributed by atoms with Crippen LogP contribution in [-0.2, 0) is 4.74 Å². The number of rotatable bonds is 8. The summed E-state index contributed by atoms with van der Waals surface area (Å²) in [5.41, 5.74) is 2.37. The normalized spacial score (nSPS) is 10.7. The zero-order chi connectivity index (χ0) is 18.4. The van der Waals surface area contributed by atoms with E-state index in [9.17, 15) is 4.79 Å². The van der Waals surface area contributed by atoms with Crippen LogP contribution in [0.5, 0.6) is 0 Å². The number of carbonyl (C=O) groups excluding carboxylic acids is 1. The summed E-state index contributed by atoms with van der Waals surface area (Å²) < 4.78 is 5.09. The standard InChI is InChI=1S/C20H22N4O2/c1-14(25)15-8-10-16(11-9-15)22-20-23-18-7-4-3-6-17(18)19(24-20)21-12-5-13-26-2/h3-4,6-11H,5,12-13H2,1-2H3,(H2,21,22,23,24). The Labute approximate surface area is 152 Å². The molecule has 1 heterocycles. The summed E-state index contributed by atoms with van der Waals surface area (Å²) in [4.78, 5) is 20.6. The molecule has 0 saturated carbocycles. The predicted octanol–water partition coefficient (Wildman–Crippen LogP) is 4.02. The maximum absolute atomic E-state index is 11.4. The number of benzene rings is 2. The molecule has 0 unspecified atom stereocenters. The molecule has 1 aromatic heterocycles. The average molecular weight is 350 g/mol. The number of ether oxygens (including phenoxy) is 1. The summed E-state index contributed by atoms with van der Waals surface area (Å²) in [6, 6.07) is 15.2. The fraction of sp³-hybridized carbons (Fsp3) is 0.250. The number of aromatic nitrogens is 2. The van der Waals surface area contributed by atoms with Crippen molar-refractivity contribution < 1.29 is 9.53 Å². The Morgan fingerprint density at radius 1 is 1.08 bits per heavy atom. The Bertz CT molecular complexity index is 894. The Balaban J connectivity index is 1.84. The molecular formula is C20H22N4O2. The molecule has 3 aromatic rings. The van der Waals surface area contributed by atoms with Crippen molar-refractivity contribution in [1.29, 1.82) is 0 Å². The van der Waals surface area contributed by atoms with Crippen molar-refractivity contribution >= 4 is 34.1 Å². The zero-order valence-corrected chi connectivity index (χ0v) is 15.0. The van der Waals surface area contributed by atoms with E-state index in [1.807, 2.05) is 36.4 Å². The summed E-state index contributed by atoms with van der Waals surface area (Å²) >= 11 is 0. The third-order valence-electron chi connectivity index (χ3n) is 3.97. The molecule has 0 saturated heterocycles. The van der Waals surface area contributed by atoms with Crippen LogP contribution in [0.1, 0.15) is 23.7 Å². The Hall–Kier alpha value is -2.99. The van der Waals surface area contributed by atoms with E-state index in [1.165, 1.54) is 0 Å². The predicted molar refractivity (Wildman–Crippen MR) is 104 cm³/mol. The van der Waals surface area contributed by atoms with E-state index in [2.05, 4.69) is 20.6 Å². The van der Waals surface area contributed by atoms with Crippen LogP contribution in [0.25, 0.3) is 10.9 Å². The first-order valence-electron chi connectivity index (χ1n) is 8.55. The maximum atomic E-state index is 11.4. The number of hydrogen-bond donors (Lipinski definition) is 2. The van der Waals surface area contributed by atoms with Gasteiger partial charge < -0.3 is 15.4 Å². The van der Waals surface area contributed by atoms with Gasteiger partial charge in [0.1, 0.15) is 5.82 Å². The minimum atomic E-state index is 0.0426. The van der Waals surface area contributed by atoms with Gasteiger partial charge in [-0.25, -0.2) is 4.98 Å². The first kappa shape index (κ1) is 17.8. The lowest BCUT2D eigenvalue weighted by molar-refractivity contribution is 0.101.